The van der Waals surface area contributed by atoms with Crippen LogP contribution >= 0.6 is 15.9 Å². The second-order valence-corrected chi connectivity index (χ2v) is 4.17. The number of halogens is 1. The Balaban J connectivity index is 2.79. The number of carbonyl (C=O) groups excluding carboxylic acids is 1. The third-order valence-corrected chi connectivity index (χ3v) is 2.52. The fourth-order valence-corrected chi connectivity index (χ4v) is 1.61. The Bertz CT molecular complexity index is 441. The lowest BCUT2D eigenvalue weighted by Crippen LogP contribution is -2.20. The molecule has 90 valence electrons. The molecule has 0 unspecified atom stereocenters. The van der Waals surface area contributed by atoms with Crippen LogP contribution in [0.2, 0.25) is 0 Å². The van der Waals surface area contributed by atoms with Crippen molar-refractivity contribution in [1.82, 2.24) is 5.32 Å². The molecule has 3 nitrogen and oxygen atoms in total. The zero-order valence-electron chi connectivity index (χ0n) is 9.57. The minimum absolute atomic E-state index is 0.160. The number of rotatable bonds is 5. The van der Waals surface area contributed by atoms with Crippen molar-refractivity contribution in [2.75, 3.05) is 13.7 Å². The molecule has 0 spiro atoms. The van der Waals surface area contributed by atoms with E-state index in [0.717, 1.165) is 15.8 Å². The van der Waals surface area contributed by atoms with Crippen LogP contribution in [0.5, 0.6) is 5.75 Å². The molecule has 0 saturated carbocycles. The third-order valence-electron chi connectivity index (χ3n) is 2.03. The number of nitrogens with one attached hydrogen (secondary N) is 1. The van der Waals surface area contributed by atoms with Gasteiger partial charge in [-0.15, -0.1) is 6.58 Å². The second-order valence-electron chi connectivity index (χ2n) is 3.25. The van der Waals surface area contributed by atoms with E-state index < -0.39 is 0 Å². The van der Waals surface area contributed by atoms with Crippen LogP contribution in [-0.2, 0) is 4.79 Å². The van der Waals surface area contributed by atoms with Crippen molar-refractivity contribution in [3.8, 4) is 5.75 Å². The summed E-state index contributed by atoms with van der Waals surface area (Å²) < 4.78 is 6.13. The summed E-state index contributed by atoms with van der Waals surface area (Å²) in [6, 6.07) is 5.61. The quantitative estimate of drug-likeness (QED) is 0.670. The monoisotopic (exact) mass is 295 g/mol. The number of hydrogen-bond acceptors (Lipinski definition) is 2. The number of amides is 1. The predicted octanol–water partition coefficient (Wildman–Crippen LogP) is 2.77. The molecular formula is C13H14BrNO2. The Hall–Kier alpha value is -1.55. The number of ether oxygens (including phenoxy) is 1. The van der Waals surface area contributed by atoms with Crippen molar-refractivity contribution in [2.24, 2.45) is 0 Å². The molecule has 0 radical (unpaired) electrons. The molecule has 1 aromatic rings. The molecule has 0 saturated heterocycles. The van der Waals surface area contributed by atoms with Crippen LogP contribution in [0, 0.1) is 0 Å². The normalized spacial score (nSPS) is 10.2. The highest BCUT2D eigenvalue weighted by atomic mass is 79.9. The maximum Gasteiger partial charge on any atom is 0.244 e. The van der Waals surface area contributed by atoms with Gasteiger partial charge in [-0.1, -0.05) is 22.0 Å². The van der Waals surface area contributed by atoms with Crippen LogP contribution in [-0.4, -0.2) is 19.6 Å². The Kier molecular flexibility index (Phi) is 5.49. The van der Waals surface area contributed by atoms with E-state index in [0.29, 0.717) is 6.54 Å². The number of methoxy groups -OCH3 is 1. The molecule has 1 N–H and O–H groups in total. The average molecular weight is 296 g/mol. The van der Waals surface area contributed by atoms with E-state index >= 15 is 0 Å². The van der Waals surface area contributed by atoms with Crippen molar-refractivity contribution < 1.29 is 9.53 Å². The first kappa shape index (κ1) is 13.5. The topological polar surface area (TPSA) is 38.3 Å². The maximum absolute atomic E-state index is 11.4. The lowest BCUT2D eigenvalue weighted by molar-refractivity contribution is -0.116. The summed E-state index contributed by atoms with van der Waals surface area (Å²) in [5.41, 5.74) is 0.843. The molecule has 0 aromatic heterocycles. The van der Waals surface area contributed by atoms with Gasteiger partial charge in [0.25, 0.3) is 0 Å². The summed E-state index contributed by atoms with van der Waals surface area (Å²) in [4.78, 5) is 11.4. The van der Waals surface area contributed by atoms with E-state index in [1.54, 1.807) is 19.3 Å². The van der Waals surface area contributed by atoms with Crippen LogP contribution in [0.15, 0.2) is 41.4 Å². The summed E-state index contributed by atoms with van der Waals surface area (Å²) >= 11 is 3.37. The molecule has 4 heteroatoms. The molecule has 0 fully saturated rings. The lowest BCUT2D eigenvalue weighted by Gasteiger charge is -2.04. The Labute approximate surface area is 109 Å². The Morgan fingerprint density at radius 2 is 2.35 bits per heavy atom. The average Bonchev–Trinajstić information content (AvgIpc) is 2.34. The van der Waals surface area contributed by atoms with E-state index in [2.05, 4.69) is 27.8 Å². The SMILES string of the molecule is C=CCNC(=O)C=Cc1cc(Br)ccc1OC. The fourth-order valence-electron chi connectivity index (χ4n) is 1.23. The van der Waals surface area contributed by atoms with Crippen molar-refractivity contribution >= 4 is 27.9 Å². The zero-order chi connectivity index (χ0) is 12.7. The van der Waals surface area contributed by atoms with E-state index in [-0.39, 0.29) is 5.91 Å². The van der Waals surface area contributed by atoms with Gasteiger partial charge in [-0.2, -0.15) is 0 Å². The first-order valence-corrected chi connectivity index (χ1v) is 5.87. The highest BCUT2D eigenvalue weighted by molar-refractivity contribution is 9.10. The highest BCUT2D eigenvalue weighted by Gasteiger charge is 2.00. The minimum Gasteiger partial charge on any atom is -0.496 e. The van der Waals surface area contributed by atoms with Gasteiger partial charge in [-0.05, 0) is 24.3 Å². The molecular weight excluding hydrogens is 282 g/mol. The van der Waals surface area contributed by atoms with Crippen molar-refractivity contribution in [3.63, 3.8) is 0 Å². The first-order valence-electron chi connectivity index (χ1n) is 5.07. The van der Waals surface area contributed by atoms with Crippen molar-refractivity contribution in [3.05, 3.63) is 47.0 Å². The predicted molar refractivity (Wildman–Crippen MR) is 72.9 cm³/mol. The van der Waals surface area contributed by atoms with Crippen molar-refractivity contribution in [1.29, 1.82) is 0 Å². The van der Waals surface area contributed by atoms with Gasteiger partial charge in [0, 0.05) is 22.7 Å². The van der Waals surface area contributed by atoms with Gasteiger partial charge < -0.3 is 10.1 Å². The number of benzene rings is 1. The van der Waals surface area contributed by atoms with Crippen LogP contribution in [0.4, 0.5) is 0 Å². The van der Waals surface area contributed by atoms with Crippen molar-refractivity contribution in [2.45, 2.75) is 0 Å². The number of carbonyl (C=O) groups is 1. The van der Waals surface area contributed by atoms with Gasteiger partial charge in [0.2, 0.25) is 5.91 Å². The van der Waals surface area contributed by atoms with Gasteiger partial charge in [0.1, 0.15) is 5.75 Å². The van der Waals surface area contributed by atoms with Gasteiger partial charge in [-0.3, -0.25) is 4.79 Å². The summed E-state index contributed by atoms with van der Waals surface area (Å²) in [5, 5.41) is 2.66. The fraction of sp³-hybridized carbons (Fsp3) is 0.154. The van der Waals surface area contributed by atoms with E-state index in [1.807, 2.05) is 18.2 Å². The molecule has 1 rings (SSSR count). The minimum atomic E-state index is -0.160. The molecule has 0 aliphatic heterocycles. The maximum atomic E-state index is 11.4. The molecule has 0 heterocycles. The largest absolute Gasteiger partial charge is 0.496 e. The molecule has 1 aromatic carbocycles. The van der Waals surface area contributed by atoms with Gasteiger partial charge in [0.05, 0.1) is 7.11 Å². The molecule has 1 amide bonds. The first-order chi connectivity index (χ1) is 8.17. The van der Waals surface area contributed by atoms with Gasteiger partial charge in [0.15, 0.2) is 0 Å². The van der Waals surface area contributed by atoms with E-state index in [9.17, 15) is 4.79 Å². The Morgan fingerprint density at radius 3 is 3.00 bits per heavy atom. The van der Waals surface area contributed by atoms with Crippen LogP contribution in [0.3, 0.4) is 0 Å². The van der Waals surface area contributed by atoms with Gasteiger partial charge >= 0.3 is 0 Å². The Morgan fingerprint density at radius 1 is 1.59 bits per heavy atom. The molecule has 0 aliphatic rings. The molecule has 0 bridgehead atoms. The van der Waals surface area contributed by atoms with Crippen LogP contribution < -0.4 is 10.1 Å². The standard InChI is InChI=1S/C13H14BrNO2/c1-3-8-15-13(16)7-4-10-9-11(14)5-6-12(10)17-2/h3-7,9H,1,8H2,2H3,(H,15,16). The summed E-state index contributed by atoms with van der Waals surface area (Å²) in [7, 11) is 1.60. The van der Waals surface area contributed by atoms with Crippen LogP contribution in [0.25, 0.3) is 6.08 Å². The van der Waals surface area contributed by atoms with E-state index in [1.165, 1.54) is 6.08 Å². The second kappa shape index (κ2) is 6.91. The molecule has 17 heavy (non-hydrogen) atoms. The zero-order valence-corrected chi connectivity index (χ0v) is 11.2. The lowest BCUT2D eigenvalue weighted by atomic mass is 10.2. The summed E-state index contributed by atoms with van der Waals surface area (Å²) in [6.07, 6.45) is 4.81. The highest BCUT2D eigenvalue weighted by Crippen LogP contribution is 2.23. The smallest absolute Gasteiger partial charge is 0.244 e. The third kappa shape index (κ3) is 4.44. The number of hydrogen-bond donors (Lipinski definition) is 1. The summed E-state index contributed by atoms with van der Waals surface area (Å²) in [5.74, 6) is 0.563. The molecule has 0 atom stereocenters. The van der Waals surface area contributed by atoms with E-state index in [4.69, 9.17) is 4.74 Å². The summed E-state index contributed by atoms with van der Waals surface area (Å²) in [6.45, 7) is 3.98. The van der Waals surface area contributed by atoms with Gasteiger partial charge in [-0.25, -0.2) is 0 Å². The van der Waals surface area contributed by atoms with Crippen LogP contribution in [0.1, 0.15) is 5.56 Å². The molecule has 0 aliphatic carbocycles.